The van der Waals surface area contributed by atoms with E-state index < -0.39 is 23.8 Å². The number of hydrogen-bond donors (Lipinski definition) is 1. The van der Waals surface area contributed by atoms with Gasteiger partial charge in [-0.3, -0.25) is 0 Å². The maximum Gasteiger partial charge on any atom is 0.573 e. The van der Waals surface area contributed by atoms with E-state index >= 15 is 0 Å². The highest BCUT2D eigenvalue weighted by Crippen LogP contribution is 2.33. The number of aromatic hydroxyl groups is 1. The van der Waals surface area contributed by atoms with Crippen LogP contribution in [0, 0.1) is 9.52 Å². The lowest BCUT2D eigenvalue weighted by molar-refractivity contribution is -0.276. The number of halogens is 5. The van der Waals surface area contributed by atoms with Crippen LogP contribution in [0.5, 0.6) is 11.5 Å². The largest absolute Gasteiger partial charge is 0.573 e. The summed E-state index contributed by atoms with van der Waals surface area (Å²) in [5.41, 5.74) is 0. The standard InChI is InChI=1S/C6H2F4INO2/c7-5-4(14-6(8,9)10)3(11)2(13)1-12-5/h1,13H. The van der Waals surface area contributed by atoms with Crippen molar-refractivity contribution in [2.75, 3.05) is 0 Å². The molecule has 0 atom stereocenters. The van der Waals surface area contributed by atoms with Crippen LogP contribution in [0.2, 0.25) is 0 Å². The highest BCUT2D eigenvalue weighted by molar-refractivity contribution is 14.1. The predicted octanol–water partition coefficient (Wildman–Crippen LogP) is 2.43. The van der Waals surface area contributed by atoms with E-state index in [-0.39, 0.29) is 3.57 Å². The molecule has 0 radical (unpaired) electrons. The molecule has 0 fully saturated rings. The van der Waals surface area contributed by atoms with Crippen LogP contribution >= 0.6 is 22.6 Å². The summed E-state index contributed by atoms with van der Waals surface area (Å²) < 4.78 is 50.9. The first-order valence-electron chi connectivity index (χ1n) is 3.10. The minimum absolute atomic E-state index is 0.382. The summed E-state index contributed by atoms with van der Waals surface area (Å²) >= 11 is 1.32. The molecule has 0 saturated carbocycles. The summed E-state index contributed by atoms with van der Waals surface area (Å²) in [7, 11) is 0. The van der Waals surface area contributed by atoms with Crippen molar-refractivity contribution in [1.29, 1.82) is 0 Å². The lowest BCUT2D eigenvalue weighted by Crippen LogP contribution is -2.19. The average molecular weight is 323 g/mol. The number of rotatable bonds is 1. The first kappa shape index (κ1) is 11.3. The molecule has 0 aliphatic carbocycles. The van der Waals surface area contributed by atoms with Gasteiger partial charge < -0.3 is 9.84 Å². The minimum Gasteiger partial charge on any atom is -0.505 e. The van der Waals surface area contributed by atoms with Gasteiger partial charge in [0.25, 0.3) is 5.95 Å². The van der Waals surface area contributed by atoms with Crippen molar-refractivity contribution in [3.8, 4) is 11.5 Å². The van der Waals surface area contributed by atoms with Crippen molar-refractivity contribution in [2.24, 2.45) is 0 Å². The molecule has 1 aromatic heterocycles. The Labute approximate surface area is 88.8 Å². The molecule has 1 aromatic rings. The molecule has 0 aromatic carbocycles. The monoisotopic (exact) mass is 323 g/mol. The van der Waals surface area contributed by atoms with Gasteiger partial charge in [-0.25, -0.2) is 4.98 Å². The zero-order chi connectivity index (χ0) is 10.9. The lowest BCUT2D eigenvalue weighted by atomic mass is 10.4. The van der Waals surface area contributed by atoms with E-state index in [1.165, 1.54) is 22.6 Å². The zero-order valence-electron chi connectivity index (χ0n) is 6.27. The Morgan fingerprint density at radius 1 is 1.43 bits per heavy atom. The third-order valence-electron chi connectivity index (χ3n) is 1.13. The molecule has 1 rings (SSSR count). The molecule has 0 spiro atoms. The van der Waals surface area contributed by atoms with Crippen LogP contribution in [0.3, 0.4) is 0 Å². The number of alkyl halides is 3. The van der Waals surface area contributed by atoms with Gasteiger partial charge in [0.05, 0.1) is 6.20 Å². The quantitative estimate of drug-likeness (QED) is 0.490. The van der Waals surface area contributed by atoms with Crippen molar-refractivity contribution in [3.63, 3.8) is 0 Å². The van der Waals surface area contributed by atoms with Gasteiger partial charge in [0.15, 0.2) is 5.75 Å². The normalized spacial score (nSPS) is 11.5. The summed E-state index contributed by atoms with van der Waals surface area (Å²) in [5.74, 6) is -3.13. The molecule has 0 bridgehead atoms. The van der Waals surface area contributed by atoms with Gasteiger partial charge in [-0.1, -0.05) is 0 Å². The summed E-state index contributed by atoms with van der Waals surface area (Å²) in [6.07, 6.45) is -4.32. The van der Waals surface area contributed by atoms with Crippen LogP contribution in [0.4, 0.5) is 17.6 Å². The molecule has 14 heavy (non-hydrogen) atoms. The van der Waals surface area contributed by atoms with E-state index in [0.717, 1.165) is 0 Å². The number of pyridine rings is 1. The molecule has 78 valence electrons. The highest BCUT2D eigenvalue weighted by atomic mass is 127. The second-order valence-corrected chi connectivity index (χ2v) is 3.20. The van der Waals surface area contributed by atoms with Crippen LogP contribution in [0.15, 0.2) is 6.20 Å². The van der Waals surface area contributed by atoms with Crippen LogP contribution < -0.4 is 4.74 Å². The SMILES string of the molecule is Oc1cnc(F)c(OC(F)(F)F)c1I. The molecule has 1 heterocycles. The third-order valence-corrected chi connectivity index (χ3v) is 2.17. The van der Waals surface area contributed by atoms with Crippen molar-refractivity contribution in [3.05, 3.63) is 15.7 Å². The Kier molecular flexibility index (Phi) is 3.02. The Bertz CT molecular complexity index is 354. The summed E-state index contributed by atoms with van der Waals surface area (Å²) in [5, 5.41) is 8.94. The molecule has 8 heteroatoms. The van der Waals surface area contributed by atoms with Crippen molar-refractivity contribution in [2.45, 2.75) is 6.36 Å². The van der Waals surface area contributed by atoms with Gasteiger partial charge in [-0.2, -0.15) is 4.39 Å². The van der Waals surface area contributed by atoms with E-state index in [1.807, 2.05) is 0 Å². The fourth-order valence-electron chi connectivity index (χ4n) is 0.643. The number of hydrogen-bond acceptors (Lipinski definition) is 3. The molecule has 0 amide bonds. The van der Waals surface area contributed by atoms with E-state index in [9.17, 15) is 17.6 Å². The molecule has 0 saturated heterocycles. The van der Waals surface area contributed by atoms with Gasteiger partial charge in [0.1, 0.15) is 3.57 Å². The molecule has 0 aliphatic heterocycles. The van der Waals surface area contributed by atoms with Gasteiger partial charge in [-0.05, 0) is 22.6 Å². The van der Waals surface area contributed by atoms with Gasteiger partial charge in [0, 0.05) is 0 Å². The maximum atomic E-state index is 12.7. The molecule has 3 nitrogen and oxygen atoms in total. The molecule has 0 aliphatic rings. The smallest absolute Gasteiger partial charge is 0.505 e. The van der Waals surface area contributed by atoms with Gasteiger partial charge >= 0.3 is 6.36 Å². The maximum absolute atomic E-state index is 12.7. The second-order valence-electron chi connectivity index (χ2n) is 2.13. The second kappa shape index (κ2) is 3.75. The fraction of sp³-hybridized carbons (Fsp3) is 0.167. The molecule has 0 unspecified atom stereocenters. The van der Waals surface area contributed by atoms with E-state index in [1.54, 1.807) is 0 Å². The van der Waals surface area contributed by atoms with Crippen LogP contribution in [0.1, 0.15) is 0 Å². The van der Waals surface area contributed by atoms with Crippen molar-refractivity contribution < 1.29 is 27.4 Å². The minimum atomic E-state index is -5.02. The summed E-state index contributed by atoms with van der Waals surface area (Å²) in [6, 6.07) is 0. The van der Waals surface area contributed by atoms with Crippen molar-refractivity contribution >= 4 is 22.6 Å². The van der Waals surface area contributed by atoms with E-state index in [2.05, 4.69) is 9.72 Å². The average Bonchev–Trinajstić information content (AvgIpc) is 2.04. The summed E-state index contributed by atoms with van der Waals surface area (Å²) in [4.78, 5) is 2.88. The van der Waals surface area contributed by atoms with Crippen LogP contribution in [0.25, 0.3) is 0 Å². The number of aromatic nitrogens is 1. The number of ether oxygens (including phenoxy) is 1. The Morgan fingerprint density at radius 2 is 2.00 bits per heavy atom. The predicted molar refractivity (Wildman–Crippen MR) is 45.3 cm³/mol. The first-order valence-corrected chi connectivity index (χ1v) is 4.18. The molecular weight excluding hydrogens is 321 g/mol. The van der Waals surface area contributed by atoms with Gasteiger partial charge in [0.2, 0.25) is 5.75 Å². The third kappa shape index (κ3) is 2.59. The van der Waals surface area contributed by atoms with E-state index in [0.29, 0.717) is 6.20 Å². The Hall–Kier alpha value is -0.800. The lowest BCUT2D eigenvalue weighted by Gasteiger charge is -2.10. The Morgan fingerprint density at radius 3 is 2.50 bits per heavy atom. The Balaban J connectivity index is 3.13. The topological polar surface area (TPSA) is 42.4 Å². The van der Waals surface area contributed by atoms with Crippen molar-refractivity contribution in [1.82, 2.24) is 4.98 Å². The fourth-order valence-corrected chi connectivity index (χ4v) is 1.11. The number of nitrogens with zero attached hydrogens (tertiary/aromatic N) is 1. The first-order chi connectivity index (χ1) is 6.31. The van der Waals surface area contributed by atoms with Crippen LogP contribution in [-0.4, -0.2) is 16.5 Å². The van der Waals surface area contributed by atoms with E-state index in [4.69, 9.17) is 5.11 Å². The molecular formula is C6H2F4INO2. The van der Waals surface area contributed by atoms with Crippen LogP contribution in [-0.2, 0) is 0 Å². The summed E-state index contributed by atoms with van der Waals surface area (Å²) in [6.45, 7) is 0. The van der Waals surface area contributed by atoms with Gasteiger partial charge in [-0.15, -0.1) is 13.2 Å². The highest BCUT2D eigenvalue weighted by Gasteiger charge is 2.34. The zero-order valence-corrected chi connectivity index (χ0v) is 8.43. The molecule has 1 N–H and O–H groups in total.